The van der Waals surface area contributed by atoms with Gasteiger partial charge in [-0.15, -0.1) is 0 Å². The summed E-state index contributed by atoms with van der Waals surface area (Å²) in [6, 6.07) is 4.99. The number of nitrogens with one attached hydrogen (secondary N) is 4. The fourth-order valence-corrected chi connectivity index (χ4v) is 9.79. The van der Waals surface area contributed by atoms with E-state index in [9.17, 15) is 27.6 Å². The zero-order chi connectivity index (χ0) is 41.1. The number of imide groups is 1. The highest BCUT2D eigenvalue weighted by Gasteiger charge is 2.31. The summed E-state index contributed by atoms with van der Waals surface area (Å²) in [5.74, 6) is 0.956. The van der Waals surface area contributed by atoms with Crippen molar-refractivity contribution < 1.29 is 32.7 Å². The summed E-state index contributed by atoms with van der Waals surface area (Å²) in [5, 5.41) is 21.7. The molecule has 2 heterocycles. The van der Waals surface area contributed by atoms with Crippen LogP contribution in [0.5, 0.6) is 0 Å². The van der Waals surface area contributed by atoms with Crippen LogP contribution in [0.4, 0.5) is 9.59 Å². The van der Waals surface area contributed by atoms with E-state index >= 15 is 0 Å². The van der Waals surface area contributed by atoms with Crippen LogP contribution in [0.15, 0.2) is 45.3 Å². The topological polar surface area (TPSA) is 253 Å². The molecule has 4 rings (SSSR count). The summed E-state index contributed by atoms with van der Waals surface area (Å²) in [6.07, 6.45) is 9.56. The van der Waals surface area contributed by atoms with E-state index in [0.717, 1.165) is 54.9 Å². The first-order valence-corrected chi connectivity index (χ1v) is 22.4. The number of unbranched alkanes of at least 4 members (excludes halogenated alkanes) is 1. The molecule has 55 heavy (non-hydrogen) atoms. The minimum absolute atomic E-state index is 0.00639. The second-order valence-electron chi connectivity index (χ2n) is 13.9. The molecule has 0 aromatic heterocycles. The third kappa shape index (κ3) is 17.6. The lowest BCUT2D eigenvalue weighted by Crippen LogP contribution is -2.45. The first-order chi connectivity index (χ1) is 25.9. The van der Waals surface area contributed by atoms with Crippen LogP contribution in [0.1, 0.15) is 90.5 Å². The van der Waals surface area contributed by atoms with Gasteiger partial charge in [0.15, 0.2) is 5.96 Å². The fraction of sp³-hybridized carbons (Fsp3) is 0.611. The summed E-state index contributed by atoms with van der Waals surface area (Å²) >= 11 is 0. The predicted molar refractivity (Wildman–Crippen MR) is 220 cm³/mol. The first kappa shape index (κ1) is 47.2. The molecule has 5 amide bonds. The van der Waals surface area contributed by atoms with Crippen molar-refractivity contribution >= 4 is 67.5 Å². The second-order valence-corrected chi connectivity index (χ2v) is 18.4. The lowest BCUT2D eigenvalue weighted by molar-refractivity contribution is -0.137. The number of nitrogens with zero attached hydrogens (tertiary/aromatic N) is 3. The summed E-state index contributed by atoms with van der Waals surface area (Å²) in [5.41, 5.74) is 12.4. The molecule has 1 saturated carbocycles. The van der Waals surface area contributed by atoms with Crippen LogP contribution >= 0.6 is 21.6 Å². The van der Waals surface area contributed by atoms with Crippen molar-refractivity contribution in [3.8, 4) is 0 Å². The fourth-order valence-electron chi connectivity index (χ4n) is 5.85. The Hall–Kier alpha value is -3.97. The maximum Gasteiger partial charge on any atom is 0.328 e. The van der Waals surface area contributed by atoms with Crippen LogP contribution in [-0.2, 0) is 26.0 Å². The van der Waals surface area contributed by atoms with Crippen LogP contribution in [0.25, 0.3) is 0 Å². The minimum atomic E-state index is -3.98. The maximum absolute atomic E-state index is 12.5. The molecular formula is C36H59N9O7S3. The first-order valence-electron chi connectivity index (χ1n) is 18.5. The third-order valence-corrected chi connectivity index (χ3v) is 13.4. The molecule has 16 nitrogen and oxygen atoms in total. The Kier molecular flexibility index (Phi) is 20.4. The van der Waals surface area contributed by atoms with Crippen LogP contribution < -0.4 is 26.8 Å². The molecule has 9 N–H and O–H groups in total. The lowest BCUT2D eigenvalue weighted by atomic mass is 9.87. The largest absolute Gasteiger partial charge is 0.481 e. The number of amides is 5. The molecule has 19 heteroatoms. The summed E-state index contributed by atoms with van der Waals surface area (Å²) in [6.45, 7) is 6.53. The average molecular weight is 826 g/mol. The van der Waals surface area contributed by atoms with E-state index in [4.69, 9.17) is 22.0 Å². The molecule has 3 aliphatic rings. The third-order valence-electron chi connectivity index (χ3n) is 9.07. The Morgan fingerprint density at radius 3 is 2.24 bits per heavy atom. The molecular weight excluding hydrogens is 767 g/mol. The predicted octanol–water partition coefficient (Wildman–Crippen LogP) is 4.62. The number of carboxylic acid groups (broad SMARTS) is 1. The number of carbonyl (C=O) groups is 4. The Bertz CT molecular complexity index is 1620. The molecule has 1 atom stereocenters. The monoisotopic (exact) mass is 825 g/mol. The van der Waals surface area contributed by atoms with Crippen LogP contribution in [0, 0.1) is 11.3 Å². The smallest absolute Gasteiger partial charge is 0.328 e. The Balaban J connectivity index is 0.000000405. The molecule has 1 aromatic carbocycles. The highest BCUT2D eigenvalue weighted by molar-refractivity contribution is 8.77. The number of aliphatic carboxylic acids is 1. The lowest BCUT2D eigenvalue weighted by Gasteiger charge is -2.26. The number of rotatable bonds is 12. The standard InChI is InChI=1S/C24H34N4O5S.C8H14O2S2.C4H11N5/c1-4-21-17(3)15-28(22(21)29)24(31)25-14-13-18-7-11-20(12-8-18)34(32,33)27-23(30)26-19-9-5-16(2)6-10-19;9-8(10)4-2-1-3-7-5-6-11-12-7;1-9(2)4(7)8-3(5)6/h7-8,11-12,16,19H,4-6,9-10,13-15H2,1-3H3,(H,25,31)(H2,26,27,30);7H,1-6H2,(H,9,10);1-2H3,(H5,5,6,7,8)/t;7-;/m.1./s1. The summed E-state index contributed by atoms with van der Waals surface area (Å²) < 4.78 is 27.2. The number of hydrogen-bond donors (Lipinski definition) is 7. The number of nitrogens with two attached hydrogens (primary N) is 2. The Morgan fingerprint density at radius 1 is 1.07 bits per heavy atom. The van der Waals surface area contributed by atoms with E-state index in [2.05, 4.69) is 27.3 Å². The van der Waals surface area contributed by atoms with Gasteiger partial charge in [0.1, 0.15) is 0 Å². The quantitative estimate of drug-likeness (QED) is 0.0660. The van der Waals surface area contributed by atoms with E-state index in [1.807, 2.05) is 35.4 Å². The average Bonchev–Trinajstić information content (AvgIpc) is 3.74. The highest BCUT2D eigenvalue weighted by atomic mass is 33.1. The van der Waals surface area contributed by atoms with Gasteiger partial charge in [-0.25, -0.2) is 22.7 Å². The van der Waals surface area contributed by atoms with Crippen LogP contribution in [0.3, 0.4) is 0 Å². The van der Waals surface area contributed by atoms with Crippen molar-refractivity contribution in [1.82, 2.24) is 25.2 Å². The van der Waals surface area contributed by atoms with Crippen LogP contribution in [0.2, 0.25) is 0 Å². The molecule has 2 aliphatic heterocycles. The minimum Gasteiger partial charge on any atom is -0.481 e. The van der Waals surface area contributed by atoms with E-state index < -0.39 is 28.1 Å². The van der Waals surface area contributed by atoms with E-state index in [-0.39, 0.29) is 28.8 Å². The van der Waals surface area contributed by atoms with Crippen molar-refractivity contribution in [2.24, 2.45) is 22.4 Å². The number of guanidine groups is 2. The van der Waals surface area contributed by atoms with Crippen LogP contribution in [-0.4, -0.2) is 103 Å². The van der Waals surface area contributed by atoms with E-state index in [0.29, 0.717) is 43.8 Å². The zero-order valence-corrected chi connectivity index (χ0v) is 35.0. The van der Waals surface area contributed by atoms with Gasteiger partial charge in [-0.1, -0.05) is 54.0 Å². The molecule has 1 aliphatic carbocycles. The van der Waals surface area contributed by atoms with Gasteiger partial charge in [-0.3, -0.25) is 19.9 Å². The number of carbonyl (C=O) groups excluding carboxylic acids is 3. The Labute approximate surface area is 333 Å². The molecule has 308 valence electrons. The van der Waals surface area contributed by atoms with Crippen molar-refractivity contribution in [2.45, 2.75) is 108 Å². The van der Waals surface area contributed by atoms with Gasteiger partial charge in [-0.2, -0.15) is 4.99 Å². The molecule has 2 fully saturated rings. The van der Waals surface area contributed by atoms with Gasteiger partial charge in [0.05, 0.1) is 11.4 Å². The molecule has 0 radical (unpaired) electrons. The molecule has 0 bridgehead atoms. The SMILES string of the molecule is CCC1=C(C)CN(C(=O)NCCc2ccc(S(=O)(=O)NC(=O)NC3CCC(C)CC3)cc2)C1=O.CN(C)C(=N)N=C(N)N.O=C(O)CCCC[C@@H]1CCSS1. The van der Waals surface area contributed by atoms with E-state index in [1.54, 1.807) is 26.2 Å². The van der Waals surface area contributed by atoms with Gasteiger partial charge < -0.3 is 32.1 Å². The normalized spacial score (nSPS) is 19.3. The number of benzene rings is 1. The van der Waals surface area contributed by atoms with Crippen molar-refractivity contribution in [2.75, 3.05) is 32.9 Å². The highest BCUT2D eigenvalue weighted by Crippen LogP contribution is 2.39. The molecule has 0 spiro atoms. The zero-order valence-electron chi connectivity index (χ0n) is 32.6. The van der Waals surface area contributed by atoms with Gasteiger partial charge in [0.25, 0.3) is 15.9 Å². The van der Waals surface area contributed by atoms with Gasteiger partial charge in [0, 0.05) is 49.7 Å². The number of sulfonamides is 1. The maximum atomic E-state index is 12.5. The summed E-state index contributed by atoms with van der Waals surface area (Å²) in [7, 11) is 3.31. The van der Waals surface area contributed by atoms with Gasteiger partial charge >= 0.3 is 18.0 Å². The number of carboxylic acids is 1. The van der Waals surface area contributed by atoms with Crippen molar-refractivity contribution in [3.63, 3.8) is 0 Å². The van der Waals surface area contributed by atoms with Gasteiger partial charge in [0.2, 0.25) is 5.96 Å². The number of aliphatic imine (C=N–C) groups is 1. The molecule has 1 saturated heterocycles. The van der Waals surface area contributed by atoms with E-state index in [1.165, 1.54) is 40.5 Å². The Morgan fingerprint density at radius 2 is 1.73 bits per heavy atom. The number of hydrogen-bond acceptors (Lipinski definition) is 9. The summed E-state index contributed by atoms with van der Waals surface area (Å²) in [4.78, 5) is 53.1. The van der Waals surface area contributed by atoms with Crippen molar-refractivity contribution in [3.05, 3.63) is 41.0 Å². The van der Waals surface area contributed by atoms with Crippen molar-refractivity contribution in [1.29, 1.82) is 5.41 Å². The molecule has 0 unspecified atom stereocenters. The molecule has 1 aromatic rings. The number of urea groups is 2. The second kappa shape index (κ2) is 23.8. The van der Waals surface area contributed by atoms with Gasteiger partial charge in [-0.05, 0) is 93.9 Å².